The molecule has 10 rings (SSSR count). The van der Waals surface area contributed by atoms with Crippen molar-refractivity contribution < 1.29 is 0 Å². The average Bonchev–Trinajstić information content (AvgIpc) is 3.66. The van der Waals surface area contributed by atoms with Crippen LogP contribution in [0.3, 0.4) is 0 Å². The Morgan fingerprint density at radius 1 is 0.309 bits per heavy atom. The number of hydrogen-bond acceptors (Lipinski definition) is 5. The summed E-state index contributed by atoms with van der Waals surface area (Å²) in [6.07, 6.45) is 0. The topological polar surface area (TPSA) is 51.6 Å². The summed E-state index contributed by atoms with van der Waals surface area (Å²) in [7, 11) is 0. The summed E-state index contributed by atoms with van der Waals surface area (Å²) < 4.78 is 2.27. The zero-order valence-corrected chi connectivity index (χ0v) is 30.5. The molecule has 0 unspecified atom stereocenters. The lowest BCUT2D eigenvalue weighted by molar-refractivity contribution is 1.18. The van der Waals surface area contributed by atoms with Gasteiger partial charge >= 0.3 is 0 Å². The quantitative estimate of drug-likeness (QED) is 0.164. The second kappa shape index (κ2) is 14.0. The third-order valence-electron chi connectivity index (χ3n) is 9.88. The highest BCUT2D eigenvalue weighted by molar-refractivity contribution is 7.26. The van der Waals surface area contributed by atoms with Crippen LogP contribution in [0.4, 0.5) is 0 Å². The maximum atomic E-state index is 5.36. The molecule has 0 saturated heterocycles. The van der Waals surface area contributed by atoms with Crippen molar-refractivity contribution in [2.24, 2.45) is 0 Å². The Bertz CT molecular complexity index is 2900. The number of thiophene rings is 1. The Hall–Kier alpha value is -7.08. The van der Waals surface area contributed by atoms with Crippen molar-refractivity contribution in [1.82, 2.24) is 19.9 Å². The first-order valence-corrected chi connectivity index (χ1v) is 19.1. The summed E-state index contributed by atoms with van der Waals surface area (Å²) in [5.41, 5.74) is 12.9. The lowest BCUT2D eigenvalue weighted by Crippen LogP contribution is -1.98. The third-order valence-corrected chi connectivity index (χ3v) is 11.1. The molecule has 7 aromatic carbocycles. The number of nitrogens with zero attached hydrogens (tertiary/aromatic N) is 4. The van der Waals surface area contributed by atoms with Gasteiger partial charge in [0.15, 0.2) is 11.6 Å². The lowest BCUT2D eigenvalue weighted by atomic mass is 9.95. The van der Waals surface area contributed by atoms with E-state index < -0.39 is 0 Å². The minimum Gasteiger partial charge on any atom is -0.228 e. The number of fused-ring (bicyclic) bond motifs is 3. The summed E-state index contributed by atoms with van der Waals surface area (Å²) in [6, 6.07) is 67.3. The van der Waals surface area contributed by atoms with Crippen LogP contribution in [0.1, 0.15) is 0 Å². The average molecular weight is 721 g/mol. The van der Waals surface area contributed by atoms with Crippen molar-refractivity contribution in [2.75, 3.05) is 0 Å². The minimum absolute atomic E-state index is 0.632. The van der Waals surface area contributed by atoms with Crippen LogP contribution >= 0.6 is 11.3 Å². The highest BCUT2D eigenvalue weighted by Gasteiger charge is 2.19. The fraction of sp³-hybridized carbons (Fsp3) is 0. The minimum atomic E-state index is 0.632. The van der Waals surface area contributed by atoms with Gasteiger partial charge in [-0.25, -0.2) is 19.9 Å². The van der Waals surface area contributed by atoms with E-state index in [0.29, 0.717) is 11.6 Å². The van der Waals surface area contributed by atoms with Crippen LogP contribution in [0.15, 0.2) is 194 Å². The lowest BCUT2D eigenvalue weighted by Gasteiger charge is -2.14. The molecule has 4 nitrogen and oxygen atoms in total. The van der Waals surface area contributed by atoms with E-state index >= 15 is 0 Å². The Kier molecular flexibility index (Phi) is 8.32. The molecular formula is C50H32N4S. The fourth-order valence-electron chi connectivity index (χ4n) is 7.16. The van der Waals surface area contributed by atoms with Gasteiger partial charge in [0.05, 0.1) is 27.3 Å². The van der Waals surface area contributed by atoms with Crippen LogP contribution in [0.25, 0.3) is 99.1 Å². The molecule has 3 aromatic heterocycles. The Balaban J connectivity index is 1.23. The predicted molar refractivity (Wildman–Crippen MR) is 229 cm³/mol. The van der Waals surface area contributed by atoms with Gasteiger partial charge in [0.1, 0.15) is 0 Å². The van der Waals surface area contributed by atoms with E-state index in [1.807, 2.05) is 48.5 Å². The van der Waals surface area contributed by atoms with Gasteiger partial charge in [0.25, 0.3) is 0 Å². The van der Waals surface area contributed by atoms with Crippen LogP contribution < -0.4 is 0 Å². The molecule has 0 fully saturated rings. The normalized spacial score (nSPS) is 11.3. The molecule has 10 aromatic rings. The molecule has 0 N–H and O–H groups in total. The molecule has 0 radical (unpaired) electrons. The maximum Gasteiger partial charge on any atom is 0.160 e. The van der Waals surface area contributed by atoms with Gasteiger partial charge in [-0.2, -0.15) is 0 Å². The number of aromatic nitrogens is 4. The van der Waals surface area contributed by atoms with Crippen molar-refractivity contribution in [1.29, 1.82) is 0 Å². The number of rotatable bonds is 7. The van der Waals surface area contributed by atoms with E-state index in [-0.39, 0.29) is 0 Å². The summed E-state index contributed by atoms with van der Waals surface area (Å²) in [5, 5.41) is 1.13. The van der Waals surface area contributed by atoms with Gasteiger partial charge in [-0.1, -0.05) is 158 Å². The largest absolute Gasteiger partial charge is 0.228 e. The van der Waals surface area contributed by atoms with Gasteiger partial charge in [-0.3, -0.25) is 0 Å². The van der Waals surface area contributed by atoms with E-state index in [2.05, 4.69) is 146 Å². The maximum absolute atomic E-state index is 5.36. The van der Waals surface area contributed by atoms with Gasteiger partial charge in [-0.05, 0) is 58.7 Å². The molecule has 0 amide bonds. The van der Waals surface area contributed by atoms with Crippen LogP contribution in [0.5, 0.6) is 0 Å². The highest BCUT2D eigenvalue weighted by atomic mass is 32.1. The zero-order chi connectivity index (χ0) is 36.6. The van der Waals surface area contributed by atoms with Crippen molar-refractivity contribution in [3.8, 4) is 78.8 Å². The van der Waals surface area contributed by atoms with Crippen LogP contribution in [-0.4, -0.2) is 19.9 Å². The van der Waals surface area contributed by atoms with Gasteiger partial charge in [0.2, 0.25) is 0 Å². The van der Waals surface area contributed by atoms with Gasteiger partial charge < -0.3 is 0 Å². The smallest absolute Gasteiger partial charge is 0.160 e. The molecular weight excluding hydrogens is 689 g/mol. The second-order valence-electron chi connectivity index (χ2n) is 13.5. The van der Waals surface area contributed by atoms with Crippen molar-refractivity contribution in [2.45, 2.75) is 0 Å². The molecule has 3 heterocycles. The van der Waals surface area contributed by atoms with E-state index in [1.165, 1.54) is 4.70 Å². The molecule has 0 spiro atoms. The van der Waals surface area contributed by atoms with E-state index in [0.717, 1.165) is 82.8 Å². The summed E-state index contributed by atoms with van der Waals surface area (Å²) in [6.45, 7) is 0. The first kappa shape index (κ1) is 32.6. The van der Waals surface area contributed by atoms with Gasteiger partial charge in [0, 0.05) is 37.9 Å². The SMILES string of the molecule is c1ccc(-c2cccc(-c3cc(-c4nc(-c5ccccc5)cc(-c5ccccc5)n4)cc(-c4nc(-c5ccccc5)c5sc6ccccc6c5n4)c3)c2)cc1. The monoisotopic (exact) mass is 720 g/mol. The number of benzene rings is 7. The predicted octanol–water partition coefficient (Wildman–Crippen LogP) is 13.3. The summed E-state index contributed by atoms with van der Waals surface area (Å²) in [5.74, 6) is 1.28. The molecule has 258 valence electrons. The summed E-state index contributed by atoms with van der Waals surface area (Å²) >= 11 is 1.74. The van der Waals surface area contributed by atoms with E-state index in [1.54, 1.807) is 11.3 Å². The first-order valence-electron chi connectivity index (χ1n) is 18.3. The molecule has 0 aliphatic carbocycles. The van der Waals surface area contributed by atoms with Crippen LogP contribution in [0, 0.1) is 0 Å². The zero-order valence-electron chi connectivity index (χ0n) is 29.7. The first-order chi connectivity index (χ1) is 27.2. The summed E-state index contributed by atoms with van der Waals surface area (Å²) in [4.78, 5) is 21.2. The van der Waals surface area contributed by atoms with E-state index in [9.17, 15) is 0 Å². The Labute approximate surface area is 323 Å². The molecule has 55 heavy (non-hydrogen) atoms. The second-order valence-corrected chi connectivity index (χ2v) is 14.5. The van der Waals surface area contributed by atoms with Crippen LogP contribution in [0.2, 0.25) is 0 Å². The standard InChI is InChI=1S/C50H32N4S/c1-5-16-33(17-6-1)37-24-15-25-38(28-37)39-29-40(49-51-43(34-18-7-2-8-19-34)32-44(52-49)35-20-9-3-10-21-35)31-41(30-39)50-53-46(36-22-11-4-12-23-36)48-47(54-50)42-26-13-14-27-45(42)55-48/h1-32H. The number of hydrogen-bond donors (Lipinski definition) is 0. The van der Waals surface area contributed by atoms with Crippen molar-refractivity contribution in [3.63, 3.8) is 0 Å². The van der Waals surface area contributed by atoms with Gasteiger partial charge in [-0.15, -0.1) is 11.3 Å². The molecule has 0 bridgehead atoms. The third kappa shape index (κ3) is 6.37. The fourth-order valence-corrected chi connectivity index (χ4v) is 8.32. The molecule has 0 aliphatic rings. The van der Waals surface area contributed by atoms with Crippen LogP contribution in [-0.2, 0) is 0 Å². The van der Waals surface area contributed by atoms with Crippen molar-refractivity contribution in [3.05, 3.63) is 194 Å². The molecule has 0 saturated carbocycles. The Morgan fingerprint density at radius 3 is 1.38 bits per heavy atom. The molecule has 0 atom stereocenters. The Morgan fingerprint density at radius 2 is 0.764 bits per heavy atom. The molecule has 5 heteroatoms. The van der Waals surface area contributed by atoms with Crippen molar-refractivity contribution >= 4 is 31.6 Å². The van der Waals surface area contributed by atoms with E-state index in [4.69, 9.17) is 19.9 Å². The highest BCUT2D eigenvalue weighted by Crippen LogP contribution is 2.41. The molecule has 0 aliphatic heterocycles.